The first-order valence-corrected chi connectivity index (χ1v) is 4.93. The molecule has 2 heterocycles. The molecule has 0 spiro atoms. The van der Waals surface area contributed by atoms with Crippen molar-refractivity contribution in [3.05, 3.63) is 31.1 Å². The molecule has 76 valence electrons. The molecule has 0 aromatic carbocycles. The van der Waals surface area contributed by atoms with Crippen molar-refractivity contribution in [1.82, 2.24) is 19.4 Å². The molecule has 0 unspecified atom stereocenters. The van der Waals surface area contributed by atoms with E-state index in [0.717, 1.165) is 26.2 Å². The van der Waals surface area contributed by atoms with Crippen LogP contribution in [0.4, 0.5) is 0 Å². The maximum atomic E-state index is 4.02. The zero-order valence-electron chi connectivity index (χ0n) is 8.50. The van der Waals surface area contributed by atoms with E-state index in [1.54, 1.807) is 0 Å². The van der Waals surface area contributed by atoms with Crippen LogP contribution in [0.5, 0.6) is 0 Å². The molecule has 1 aliphatic rings. The molecule has 0 radical (unpaired) electrons. The van der Waals surface area contributed by atoms with E-state index >= 15 is 0 Å². The highest BCUT2D eigenvalue weighted by Crippen LogP contribution is 2.00. The van der Waals surface area contributed by atoms with Gasteiger partial charge in [0.2, 0.25) is 0 Å². The number of aromatic nitrogens is 2. The van der Waals surface area contributed by atoms with E-state index < -0.39 is 0 Å². The van der Waals surface area contributed by atoms with Crippen LogP contribution in [-0.4, -0.2) is 46.0 Å². The first-order chi connectivity index (χ1) is 6.84. The smallest absolute Gasteiger partial charge is 0.0946 e. The fourth-order valence-corrected chi connectivity index (χ4v) is 1.49. The Hall–Kier alpha value is -1.45. The Morgan fingerprint density at radius 2 is 2.14 bits per heavy atom. The topological polar surface area (TPSA) is 24.3 Å². The molecule has 0 aliphatic carbocycles. The standard InChI is InChI=1S/C10H16N4/c1-12-4-6-13(7-5-12)8-9-14-3-2-11-10-14/h2-4,6,10H,5,7-9H2,1H3. The molecule has 4 nitrogen and oxygen atoms in total. The van der Waals surface area contributed by atoms with Crippen molar-refractivity contribution in [3.63, 3.8) is 0 Å². The molecule has 0 amide bonds. The molecule has 1 aromatic rings. The van der Waals surface area contributed by atoms with Crippen molar-refractivity contribution >= 4 is 0 Å². The molecule has 14 heavy (non-hydrogen) atoms. The Bertz CT molecular complexity index is 291. The average molecular weight is 192 g/mol. The van der Waals surface area contributed by atoms with Crippen molar-refractivity contribution in [1.29, 1.82) is 0 Å². The summed E-state index contributed by atoms with van der Waals surface area (Å²) < 4.78 is 2.10. The van der Waals surface area contributed by atoms with Crippen LogP contribution in [0.25, 0.3) is 0 Å². The maximum Gasteiger partial charge on any atom is 0.0946 e. The predicted molar refractivity (Wildman–Crippen MR) is 55.6 cm³/mol. The molecule has 2 rings (SSSR count). The second-order valence-corrected chi connectivity index (χ2v) is 3.62. The molecule has 0 bridgehead atoms. The van der Waals surface area contributed by atoms with Crippen LogP contribution in [0.15, 0.2) is 31.1 Å². The van der Waals surface area contributed by atoms with Crippen LogP contribution in [0.1, 0.15) is 0 Å². The van der Waals surface area contributed by atoms with Gasteiger partial charge in [-0.2, -0.15) is 0 Å². The minimum atomic E-state index is 1.01. The van der Waals surface area contributed by atoms with Gasteiger partial charge in [0.1, 0.15) is 0 Å². The SMILES string of the molecule is CN1C=CN(CCn2ccnc2)CC1. The zero-order chi connectivity index (χ0) is 9.80. The summed E-state index contributed by atoms with van der Waals surface area (Å²) in [7, 11) is 2.10. The summed E-state index contributed by atoms with van der Waals surface area (Å²) in [5.41, 5.74) is 0. The summed E-state index contributed by atoms with van der Waals surface area (Å²) in [5.74, 6) is 0. The third-order valence-corrected chi connectivity index (χ3v) is 2.48. The maximum absolute atomic E-state index is 4.02. The minimum absolute atomic E-state index is 1.01. The van der Waals surface area contributed by atoms with Crippen molar-refractivity contribution < 1.29 is 0 Å². The zero-order valence-corrected chi connectivity index (χ0v) is 8.50. The molecular formula is C10H16N4. The van der Waals surface area contributed by atoms with Crippen LogP contribution in [0.3, 0.4) is 0 Å². The molecule has 0 N–H and O–H groups in total. The Morgan fingerprint density at radius 3 is 2.79 bits per heavy atom. The van der Waals surface area contributed by atoms with Crippen LogP contribution in [0, 0.1) is 0 Å². The number of likely N-dealkylation sites (N-methyl/N-ethyl adjacent to an activating group) is 1. The van der Waals surface area contributed by atoms with Gasteiger partial charge in [0.05, 0.1) is 6.33 Å². The number of rotatable bonds is 3. The molecular weight excluding hydrogens is 176 g/mol. The van der Waals surface area contributed by atoms with Crippen LogP contribution < -0.4 is 0 Å². The molecule has 0 atom stereocenters. The van der Waals surface area contributed by atoms with Gasteiger partial charge in [0, 0.05) is 58.0 Å². The highest BCUT2D eigenvalue weighted by molar-refractivity contribution is 4.87. The van der Waals surface area contributed by atoms with Crippen LogP contribution >= 0.6 is 0 Å². The summed E-state index contributed by atoms with van der Waals surface area (Å²) >= 11 is 0. The first kappa shape index (κ1) is 9.12. The number of imidazole rings is 1. The van der Waals surface area contributed by atoms with Gasteiger partial charge >= 0.3 is 0 Å². The van der Waals surface area contributed by atoms with E-state index in [0.29, 0.717) is 0 Å². The van der Waals surface area contributed by atoms with Gasteiger partial charge in [-0.25, -0.2) is 4.98 Å². The Morgan fingerprint density at radius 1 is 1.21 bits per heavy atom. The van der Waals surface area contributed by atoms with Gasteiger partial charge in [-0.15, -0.1) is 0 Å². The summed E-state index contributed by atoms with van der Waals surface area (Å²) in [4.78, 5) is 8.55. The average Bonchev–Trinajstić information content (AvgIpc) is 2.70. The molecule has 0 fully saturated rings. The van der Waals surface area contributed by atoms with Crippen LogP contribution in [0.2, 0.25) is 0 Å². The van der Waals surface area contributed by atoms with E-state index in [2.05, 4.69) is 38.8 Å². The fourth-order valence-electron chi connectivity index (χ4n) is 1.49. The van der Waals surface area contributed by atoms with Gasteiger partial charge in [0.25, 0.3) is 0 Å². The van der Waals surface area contributed by atoms with Crippen molar-refractivity contribution in [2.45, 2.75) is 6.54 Å². The molecule has 0 saturated heterocycles. The third-order valence-electron chi connectivity index (χ3n) is 2.48. The summed E-state index contributed by atoms with van der Waals surface area (Å²) in [6.45, 7) is 4.29. The minimum Gasteiger partial charge on any atom is -0.377 e. The van der Waals surface area contributed by atoms with E-state index in [9.17, 15) is 0 Å². The third kappa shape index (κ3) is 2.28. The van der Waals surface area contributed by atoms with Crippen molar-refractivity contribution in [2.75, 3.05) is 26.7 Å². The lowest BCUT2D eigenvalue weighted by molar-refractivity contribution is 0.279. The van der Waals surface area contributed by atoms with Gasteiger partial charge in [-0.1, -0.05) is 0 Å². The fraction of sp³-hybridized carbons (Fsp3) is 0.500. The van der Waals surface area contributed by atoms with Crippen molar-refractivity contribution in [3.8, 4) is 0 Å². The number of hydrogen-bond acceptors (Lipinski definition) is 3. The molecule has 1 aromatic heterocycles. The number of hydrogen-bond donors (Lipinski definition) is 0. The lowest BCUT2D eigenvalue weighted by Gasteiger charge is -2.28. The lowest BCUT2D eigenvalue weighted by Crippen LogP contribution is -2.34. The van der Waals surface area contributed by atoms with E-state index in [4.69, 9.17) is 0 Å². The molecule has 1 aliphatic heterocycles. The lowest BCUT2D eigenvalue weighted by atomic mass is 10.4. The Kier molecular flexibility index (Phi) is 2.72. The van der Waals surface area contributed by atoms with Gasteiger partial charge in [0.15, 0.2) is 0 Å². The molecule has 4 heteroatoms. The Labute approximate surface area is 84.4 Å². The summed E-state index contributed by atoms with van der Waals surface area (Å²) in [6, 6.07) is 0. The quantitative estimate of drug-likeness (QED) is 0.701. The van der Waals surface area contributed by atoms with E-state index in [1.165, 1.54) is 0 Å². The highest BCUT2D eigenvalue weighted by atomic mass is 15.2. The van der Waals surface area contributed by atoms with Gasteiger partial charge < -0.3 is 14.4 Å². The monoisotopic (exact) mass is 192 g/mol. The predicted octanol–water partition coefficient (Wildman–Crippen LogP) is 0.602. The van der Waals surface area contributed by atoms with Gasteiger partial charge in [-0.05, 0) is 0 Å². The van der Waals surface area contributed by atoms with Crippen LogP contribution in [-0.2, 0) is 6.54 Å². The first-order valence-electron chi connectivity index (χ1n) is 4.93. The second kappa shape index (κ2) is 4.17. The summed E-state index contributed by atoms with van der Waals surface area (Å²) in [6.07, 6.45) is 9.96. The van der Waals surface area contributed by atoms with E-state index in [-0.39, 0.29) is 0 Å². The molecule has 0 saturated carbocycles. The van der Waals surface area contributed by atoms with Gasteiger partial charge in [-0.3, -0.25) is 0 Å². The normalized spacial score (nSPS) is 16.4. The largest absolute Gasteiger partial charge is 0.377 e. The van der Waals surface area contributed by atoms with Crippen molar-refractivity contribution in [2.24, 2.45) is 0 Å². The summed E-state index contributed by atoms with van der Waals surface area (Å²) in [5, 5.41) is 0. The second-order valence-electron chi connectivity index (χ2n) is 3.62. The highest BCUT2D eigenvalue weighted by Gasteiger charge is 2.05. The van der Waals surface area contributed by atoms with E-state index in [1.807, 2.05) is 18.7 Å². The number of nitrogens with zero attached hydrogens (tertiary/aromatic N) is 4. The Balaban J connectivity index is 1.79.